The van der Waals surface area contributed by atoms with Gasteiger partial charge in [0.25, 0.3) is 0 Å². The summed E-state index contributed by atoms with van der Waals surface area (Å²) >= 11 is 0. The highest BCUT2D eigenvalue weighted by Gasteiger charge is 2.40. The minimum absolute atomic E-state index is 0.0123. The Balaban J connectivity index is 1.28. The van der Waals surface area contributed by atoms with Crippen molar-refractivity contribution >= 4 is 18.0 Å². The first kappa shape index (κ1) is 24.8. The molecule has 2 aromatic rings. The SMILES string of the molecule is CCC(CCC(=O)NC1(C(=O)O)CCCCC1)NC(=O)OCC1c2ccccc2-c2ccccc21. The van der Waals surface area contributed by atoms with Crippen molar-refractivity contribution in [2.24, 2.45) is 0 Å². The summed E-state index contributed by atoms with van der Waals surface area (Å²) in [7, 11) is 0. The van der Waals surface area contributed by atoms with Crippen LogP contribution in [0.5, 0.6) is 0 Å². The molecule has 7 heteroatoms. The maximum atomic E-state index is 12.6. The van der Waals surface area contributed by atoms with Crippen LogP contribution in [0.1, 0.15) is 75.3 Å². The molecule has 1 unspecified atom stereocenters. The Morgan fingerprint density at radius 1 is 1.00 bits per heavy atom. The van der Waals surface area contributed by atoms with Crippen molar-refractivity contribution < 1.29 is 24.2 Å². The predicted octanol–water partition coefficient (Wildman–Crippen LogP) is 4.99. The van der Waals surface area contributed by atoms with E-state index in [2.05, 4.69) is 34.9 Å². The average molecular weight is 479 g/mol. The second kappa shape index (κ2) is 10.9. The summed E-state index contributed by atoms with van der Waals surface area (Å²) in [5.74, 6) is -1.27. The van der Waals surface area contributed by atoms with E-state index < -0.39 is 17.6 Å². The van der Waals surface area contributed by atoms with Crippen LogP contribution in [0.2, 0.25) is 0 Å². The second-order valence-electron chi connectivity index (χ2n) is 9.61. The van der Waals surface area contributed by atoms with Gasteiger partial charge in [0.05, 0.1) is 0 Å². The monoisotopic (exact) mass is 478 g/mol. The van der Waals surface area contributed by atoms with Gasteiger partial charge >= 0.3 is 12.1 Å². The van der Waals surface area contributed by atoms with E-state index in [0.29, 0.717) is 25.7 Å². The minimum Gasteiger partial charge on any atom is -0.480 e. The van der Waals surface area contributed by atoms with Gasteiger partial charge in [0.15, 0.2) is 0 Å². The summed E-state index contributed by atoms with van der Waals surface area (Å²) in [6, 6.07) is 16.1. The molecule has 7 nitrogen and oxygen atoms in total. The fraction of sp³-hybridized carbons (Fsp3) is 0.464. The lowest BCUT2D eigenvalue weighted by atomic mass is 9.81. The molecule has 0 spiro atoms. The quantitative estimate of drug-likeness (QED) is 0.471. The van der Waals surface area contributed by atoms with Crippen molar-refractivity contribution in [2.75, 3.05) is 6.61 Å². The Morgan fingerprint density at radius 2 is 1.60 bits per heavy atom. The number of alkyl carbamates (subject to hydrolysis) is 1. The molecule has 35 heavy (non-hydrogen) atoms. The number of fused-ring (bicyclic) bond motifs is 3. The number of nitrogens with one attached hydrogen (secondary N) is 2. The number of carbonyl (C=O) groups excluding carboxylic acids is 2. The average Bonchev–Trinajstić information content (AvgIpc) is 3.19. The number of carboxylic acid groups (broad SMARTS) is 1. The summed E-state index contributed by atoms with van der Waals surface area (Å²) in [6.07, 6.45) is 4.22. The van der Waals surface area contributed by atoms with Gasteiger partial charge in [0.2, 0.25) is 5.91 Å². The molecule has 4 rings (SSSR count). The van der Waals surface area contributed by atoms with Gasteiger partial charge in [-0.3, -0.25) is 4.79 Å². The van der Waals surface area contributed by atoms with Crippen molar-refractivity contribution in [2.45, 2.75) is 75.8 Å². The molecule has 2 aliphatic carbocycles. The maximum Gasteiger partial charge on any atom is 0.407 e. The molecule has 0 saturated heterocycles. The van der Waals surface area contributed by atoms with Gasteiger partial charge in [0, 0.05) is 18.4 Å². The molecule has 0 aromatic heterocycles. The number of aliphatic carboxylic acids is 1. The van der Waals surface area contributed by atoms with Crippen LogP contribution in [0.15, 0.2) is 48.5 Å². The van der Waals surface area contributed by atoms with Crippen LogP contribution < -0.4 is 10.6 Å². The largest absolute Gasteiger partial charge is 0.480 e. The van der Waals surface area contributed by atoms with Crippen molar-refractivity contribution in [3.05, 3.63) is 59.7 Å². The molecule has 1 atom stereocenters. The molecule has 0 bridgehead atoms. The van der Waals surface area contributed by atoms with Gasteiger partial charge < -0.3 is 20.5 Å². The van der Waals surface area contributed by atoms with E-state index in [1.54, 1.807) is 0 Å². The standard InChI is InChI=1S/C28H34N2O5/c1-2-19(14-15-25(31)30-28(26(32)33)16-8-3-9-17-28)29-27(34)35-18-24-22-12-6-4-10-20(22)21-11-5-7-13-23(21)24/h4-7,10-13,19,24H,2-3,8-9,14-18H2,1H3,(H,29,34)(H,30,31)(H,32,33). The fourth-order valence-electron chi connectivity index (χ4n) is 5.37. The molecular weight excluding hydrogens is 444 g/mol. The molecule has 2 amide bonds. The highest BCUT2D eigenvalue weighted by molar-refractivity contribution is 5.87. The third kappa shape index (κ3) is 5.50. The summed E-state index contributed by atoms with van der Waals surface area (Å²) in [5, 5.41) is 15.3. The number of amides is 2. The summed E-state index contributed by atoms with van der Waals surface area (Å²) in [5.41, 5.74) is 3.50. The van der Waals surface area contributed by atoms with E-state index in [0.717, 1.165) is 30.4 Å². The third-order valence-electron chi connectivity index (χ3n) is 7.37. The molecule has 0 aliphatic heterocycles. The molecular formula is C28H34N2O5. The highest BCUT2D eigenvalue weighted by atomic mass is 16.5. The van der Waals surface area contributed by atoms with Gasteiger partial charge in [-0.2, -0.15) is 0 Å². The van der Waals surface area contributed by atoms with Crippen LogP contribution in [-0.2, 0) is 14.3 Å². The Labute approximate surface area is 206 Å². The Bertz CT molecular complexity index is 1030. The predicted molar refractivity (Wildman–Crippen MR) is 133 cm³/mol. The number of benzene rings is 2. The molecule has 0 heterocycles. The van der Waals surface area contributed by atoms with Crippen molar-refractivity contribution in [3.8, 4) is 11.1 Å². The lowest BCUT2D eigenvalue weighted by Gasteiger charge is -2.34. The summed E-state index contributed by atoms with van der Waals surface area (Å²) in [4.78, 5) is 36.9. The molecule has 1 saturated carbocycles. The zero-order chi connectivity index (χ0) is 24.8. The second-order valence-corrected chi connectivity index (χ2v) is 9.61. The number of carbonyl (C=O) groups is 3. The molecule has 2 aromatic carbocycles. The van der Waals surface area contributed by atoms with E-state index in [9.17, 15) is 19.5 Å². The fourth-order valence-corrected chi connectivity index (χ4v) is 5.37. The molecule has 3 N–H and O–H groups in total. The summed E-state index contributed by atoms with van der Waals surface area (Å²) in [6.45, 7) is 2.17. The van der Waals surface area contributed by atoms with Gasteiger partial charge in [0.1, 0.15) is 12.1 Å². The number of carboxylic acids is 1. The third-order valence-corrected chi connectivity index (χ3v) is 7.37. The van der Waals surface area contributed by atoms with E-state index in [4.69, 9.17) is 4.74 Å². The smallest absolute Gasteiger partial charge is 0.407 e. The van der Waals surface area contributed by atoms with E-state index >= 15 is 0 Å². The first-order valence-electron chi connectivity index (χ1n) is 12.6. The van der Waals surface area contributed by atoms with Crippen LogP contribution in [0, 0.1) is 0 Å². The van der Waals surface area contributed by atoms with Crippen LogP contribution >= 0.6 is 0 Å². The van der Waals surface area contributed by atoms with Gasteiger partial charge in [-0.25, -0.2) is 9.59 Å². The van der Waals surface area contributed by atoms with E-state index in [1.165, 1.54) is 11.1 Å². The van der Waals surface area contributed by atoms with Crippen molar-refractivity contribution in [1.82, 2.24) is 10.6 Å². The Hall–Kier alpha value is -3.35. The lowest BCUT2D eigenvalue weighted by molar-refractivity contribution is -0.149. The Morgan fingerprint density at radius 3 is 2.17 bits per heavy atom. The summed E-state index contributed by atoms with van der Waals surface area (Å²) < 4.78 is 5.62. The lowest BCUT2D eigenvalue weighted by Crippen LogP contribution is -2.55. The van der Waals surface area contributed by atoms with Crippen molar-refractivity contribution in [1.29, 1.82) is 0 Å². The highest BCUT2D eigenvalue weighted by Crippen LogP contribution is 2.44. The molecule has 1 fully saturated rings. The number of rotatable bonds is 9. The van der Waals surface area contributed by atoms with Gasteiger partial charge in [-0.05, 0) is 47.9 Å². The zero-order valence-corrected chi connectivity index (χ0v) is 20.2. The van der Waals surface area contributed by atoms with Crippen LogP contribution in [0.4, 0.5) is 4.79 Å². The first-order valence-corrected chi connectivity index (χ1v) is 12.6. The zero-order valence-electron chi connectivity index (χ0n) is 20.2. The van der Waals surface area contributed by atoms with E-state index in [-0.39, 0.29) is 30.9 Å². The number of ether oxygens (including phenoxy) is 1. The Kier molecular flexibility index (Phi) is 7.73. The normalized spacial score (nSPS) is 17.1. The van der Waals surface area contributed by atoms with Crippen LogP contribution in [0.3, 0.4) is 0 Å². The van der Waals surface area contributed by atoms with Crippen molar-refractivity contribution in [3.63, 3.8) is 0 Å². The first-order chi connectivity index (χ1) is 16.9. The maximum absolute atomic E-state index is 12.6. The topological polar surface area (TPSA) is 105 Å². The molecule has 186 valence electrons. The number of hydrogen-bond acceptors (Lipinski definition) is 4. The van der Waals surface area contributed by atoms with Gasteiger partial charge in [-0.1, -0.05) is 74.7 Å². The van der Waals surface area contributed by atoms with Crippen LogP contribution in [-0.4, -0.2) is 41.3 Å². The van der Waals surface area contributed by atoms with E-state index in [1.807, 2.05) is 31.2 Å². The van der Waals surface area contributed by atoms with Crippen LogP contribution in [0.25, 0.3) is 11.1 Å². The van der Waals surface area contributed by atoms with Gasteiger partial charge in [-0.15, -0.1) is 0 Å². The minimum atomic E-state index is -1.16. The molecule has 2 aliphatic rings. The molecule has 0 radical (unpaired) electrons. The number of hydrogen-bond donors (Lipinski definition) is 3.